The van der Waals surface area contributed by atoms with Crippen LogP contribution in [-0.2, 0) is 4.79 Å². The van der Waals surface area contributed by atoms with Gasteiger partial charge < -0.3 is 14.9 Å². The Morgan fingerprint density at radius 2 is 1.70 bits per heavy atom. The Hall–Kier alpha value is -2.14. The molecule has 0 aromatic heterocycles. The van der Waals surface area contributed by atoms with Gasteiger partial charge in [0.05, 0.1) is 0 Å². The zero-order valence-corrected chi connectivity index (χ0v) is 11.5. The number of hydrogen-bond donors (Lipinski definition) is 1. The molecule has 1 aliphatic heterocycles. The molecule has 0 aliphatic carbocycles. The summed E-state index contributed by atoms with van der Waals surface area (Å²) >= 11 is 0. The van der Waals surface area contributed by atoms with E-state index < -0.39 is 5.97 Å². The molecule has 1 fully saturated rings. The van der Waals surface area contributed by atoms with Crippen LogP contribution in [0.5, 0.6) is 0 Å². The van der Waals surface area contributed by atoms with Crippen molar-refractivity contribution >= 4 is 18.0 Å². The molecule has 20 heavy (non-hydrogen) atoms. The minimum absolute atomic E-state index is 0.0341. The Balaban J connectivity index is 2.02. The number of amides is 1. The summed E-state index contributed by atoms with van der Waals surface area (Å²) in [7, 11) is 2.05. The fourth-order valence-corrected chi connectivity index (χ4v) is 2.10. The monoisotopic (exact) mass is 274 g/mol. The smallest absolute Gasteiger partial charge is 0.328 e. The normalized spacial score (nSPS) is 16.6. The zero-order valence-electron chi connectivity index (χ0n) is 11.5. The van der Waals surface area contributed by atoms with Crippen molar-refractivity contribution in [3.05, 3.63) is 41.5 Å². The van der Waals surface area contributed by atoms with Gasteiger partial charge in [-0.1, -0.05) is 12.1 Å². The van der Waals surface area contributed by atoms with Crippen LogP contribution >= 0.6 is 0 Å². The number of nitrogens with zero attached hydrogens (tertiary/aromatic N) is 2. The summed E-state index contributed by atoms with van der Waals surface area (Å²) in [6.45, 7) is 3.28. The second-order valence-corrected chi connectivity index (χ2v) is 4.89. The maximum atomic E-state index is 12.3. The molecule has 0 unspecified atom stereocenters. The number of carbonyl (C=O) groups is 2. The van der Waals surface area contributed by atoms with E-state index in [1.165, 1.54) is 6.08 Å². The lowest BCUT2D eigenvalue weighted by Crippen LogP contribution is -2.47. The number of benzene rings is 1. The van der Waals surface area contributed by atoms with Crippen molar-refractivity contribution in [1.82, 2.24) is 9.80 Å². The SMILES string of the molecule is CN1CCN(C(=O)c2ccc(/C=C/C(=O)O)cc2)CC1. The summed E-state index contributed by atoms with van der Waals surface area (Å²) in [4.78, 5) is 26.8. The van der Waals surface area contributed by atoms with E-state index in [0.717, 1.165) is 37.8 Å². The molecule has 5 nitrogen and oxygen atoms in total. The fourth-order valence-electron chi connectivity index (χ4n) is 2.10. The Morgan fingerprint density at radius 1 is 1.10 bits per heavy atom. The number of likely N-dealkylation sites (N-methyl/N-ethyl adjacent to an activating group) is 1. The minimum Gasteiger partial charge on any atom is -0.478 e. The van der Waals surface area contributed by atoms with Crippen LogP contribution in [0.25, 0.3) is 6.08 Å². The number of carboxylic acid groups (broad SMARTS) is 1. The lowest BCUT2D eigenvalue weighted by atomic mass is 10.1. The molecule has 1 aromatic carbocycles. The number of piperazine rings is 1. The van der Waals surface area contributed by atoms with Crippen LogP contribution in [0.3, 0.4) is 0 Å². The van der Waals surface area contributed by atoms with E-state index in [0.29, 0.717) is 5.56 Å². The molecule has 1 aromatic rings. The van der Waals surface area contributed by atoms with Crippen molar-refractivity contribution in [1.29, 1.82) is 0 Å². The van der Waals surface area contributed by atoms with Gasteiger partial charge in [-0.3, -0.25) is 4.79 Å². The molecule has 0 saturated carbocycles. The van der Waals surface area contributed by atoms with Crippen LogP contribution in [0.4, 0.5) is 0 Å². The summed E-state index contributed by atoms with van der Waals surface area (Å²) in [5.74, 6) is -0.950. The molecule has 0 radical (unpaired) electrons. The summed E-state index contributed by atoms with van der Waals surface area (Å²) < 4.78 is 0. The summed E-state index contributed by atoms with van der Waals surface area (Å²) in [6.07, 6.45) is 2.59. The van der Waals surface area contributed by atoms with Crippen molar-refractivity contribution in [3.63, 3.8) is 0 Å². The van der Waals surface area contributed by atoms with Gasteiger partial charge in [0.25, 0.3) is 5.91 Å². The van der Waals surface area contributed by atoms with Gasteiger partial charge in [-0.05, 0) is 30.8 Å². The van der Waals surface area contributed by atoms with Gasteiger partial charge in [0, 0.05) is 37.8 Å². The Bertz CT molecular complexity index is 514. The van der Waals surface area contributed by atoms with E-state index in [2.05, 4.69) is 4.90 Å². The highest BCUT2D eigenvalue weighted by molar-refractivity contribution is 5.94. The predicted octanol–water partition coefficient (Wildman–Crippen LogP) is 1.17. The third-order valence-corrected chi connectivity index (χ3v) is 3.37. The molecule has 1 saturated heterocycles. The highest BCUT2D eigenvalue weighted by atomic mass is 16.4. The first-order chi connectivity index (χ1) is 9.56. The molecule has 2 rings (SSSR count). The average molecular weight is 274 g/mol. The van der Waals surface area contributed by atoms with Crippen molar-refractivity contribution in [3.8, 4) is 0 Å². The predicted molar refractivity (Wildman–Crippen MR) is 76.5 cm³/mol. The van der Waals surface area contributed by atoms with Crippen LogP contribution in [0, 0.1) is 0 Å². The second-order valence-electron chi connectivity index (χ2n) is 4.89. The van der Waals surface area contributed by atoms with Crippen LogP contribution in [0.2, 0.25) is 0 Å². The van der Waals surface area contributed by atoms with E-state index in [1.54, 1.807) is 24.3 Å². The molecule has 1 aliphatic rings. The lowest BCUT2D eigenvalue weighted by molar-refractivity contribution is -0.131. The van der Waals surface area contributed by atoms with Gasteiger partial charge in [0.2, 0.25) is 0 Å². The molecule has 1 N–H and O–H groups in total. The highest BCUT2D eigenvalue weighted by Gasteiger charge is 2.19. The molecular weight excluding hydrogens is 256 g/mol. The van der Waals surface area contributed by atoms with Gasteiger partial charge in [-0.2, -0.15) is 0 Å². The Kier molecular flexibility index (Phi) is 4.53. The summed E-state index contributed by atoms with van der Waals surface area (Å²) in [5.41, 5.74) is 1.41. The zero-order chi connectivity index (χ0) is 14.5. The molecule has 106 valence electrons. The van der Waals surface area contributed by atoms with Crippen molar-refractivity contribution in [2.24, 2.45) is 0 Å². The third kappa shape index (κ3) is 3.68. The van der Waals surface area contributed by atoms with Gasteiger partial charge in [-0.15, -0.1) is 0 Å². The Morgan fingerprint density at radius 3 is 2.25 bits per heavy atom. The Labute approximate surface area is 118 Å². The standard InChI is InChI=1S/C15H18N2O3/c1-16-8-10-17(11-9-16)15(20)13-5-2-12(3-6-13)4-7-14(18)19/h2-7H,8-11H2,1H3,(H,18,19)/b7-4+. The molecule has 0 bridgehead atoms. The van der Waals surface area contributed by atoms with E-state index in [9.17, 15) is 9.59 Å². The van der Waals surface area contributed by atoms with Crippen LogP contribution in [0.1, 0.15) is 15.9 Å². The number of carboxylic acids is 1. The maximum Gasteiger partial charge on any atom is 0.328 e. The first-order valence-electron chi connectivity index (χ1n) is 6.55. The first-order valence-corrected chi connectivity index (χ1v) is 6.55. The van der Waals surface area contributed by atoms with Crippen molar-refractivity contribution in [2.75, 3.05) is 33.2 Å². The fraction of sp³-hybridized carbons (Fsp3) is 0.333. The third-order valence-electron chi connectivity index (χ3n) is 3.37. The lowest BCUT2D eigenvalue weighted by Gasteiger charge is -2.32. The number of aliphatic carboxylic acids is 1. The first kappa shape index (κ1) is 14.3. The largest absolute Gasteiger partial charge is 0.478 e. The van der Waals surface area contributed by atoms with Gasteiger partial charge in [0.15, 0.2) is 0 Å². The van der Waals surface area contributed by atoms with Crippen molar-refractivity contribution in [2.45, 2.75) is 0 Å². The summed E-state index contributed by atoms with van der Waals surface area (Å²) in [5, 5.41) is 8.56. The van der Waals surface area contributed by atoms with Crippen LogP contribution < -0.4 is 0 Å². The topological polar surface area (TPSA) is 60.9 Å². The van der Waals surface area contributed by atoms with E-state index >= 15 is 0 Å². The molecule has 0 spiro atoms. The second kappa shape index (κ2) is 6.34. The highest BCUT2D eigenvalue weighted by Crippen LogP contribution is 2.11. The van der Waals surface area contributed by atoms with Crippen LogP contribution in [-0.4, -0.2) is 60.0 Å². The van der Waals surface area contributed by atoms with Gasteiger partial charge in [0.1, 0.15) is 0 Å². The van der Waals surface area contributed by atoms with E-state index in [4.69, 9.17) is 5.11 Å². The molecular formula is C15H18N2O3. The van der Waals surface area contributed by atoms with E-state index in [-0.39, 0.29) is 5.91 Å². The number of rotatable bonds is 3. The molecule has 0 atom stereocenters. The van der Waals surface area contributed by atoms with E-state index in [1.807, 2.05) is 11.9 Å². The maximum absolute atomic E-state index is 12.3. The minimum atomic E-state index is -0.984. The summed E-state index contributed by atoms with van der Waals surface area (Å²) in [6, 6.07) is 6.98. The number of carbonyl (C=O) groups excluding carboxylic acids is 1. The van der Waals surface area contributed by atoms with Gasteiger partial charge in [-0.25, -0.2) is 4.79 Å². The molecule has 5 heteroatoms. The quantitative estimate of drug-likeness (QED) is 0.841. The molecule has 1 amide bonds. The molecule has 1 heterocycles. The average Bonchev–Trinajstić information content (AvgIpc) is 2.46. The van der Waals surface area contributed by atoms with Gasteiger partial charge >= 0.3 is 5.97 Å². The van der Waals surface area contributed by atoms with Crippen LogP contribution in [0.15, 0.2) is 30.3 Å². The number of hydrogen-bond acceptors (Lipinski definition) is 3. The van der Waals surface area contributed by atoms with Crippen molar-refractivity contribution < 1.29 is 14.7 Å².